The average Bonchev–Trinajstić information content (AvgIpc) is 2.88. The maximum Gasteiger partial charge on any atom is 0.338 e. The van der Waals surface area contributed by atoms with Crippen LogP contribution < -0.4 is 15.0 Å². The van der Waals surface area contributed by atoms with E-state index in [0.29, 0.717) is 17.0 Å². The molecule has 1 heterocycles. The van der Waals surface area contributed by atoms with Crippen molar-refractivity contribution >= 4 is 29.2 Å². The number of piperidine rings is 1. The van der Waals surface area contributed by atoms with Crippen LogP contribution in [0.25, 0.3) is 11.1 Å². The largest absolute Gasteiger partial charge is 0.452 e. The molecular formula is C28H28N2O5. The number of hydrogen-bond donors (Lipinski definition) is 1. The number of hydrogen-bond acceptors (Lipinski definition) is 6. The second kappa shape index (κ2) is 11.3. The fourth-order valence-corrected chi connectivity index (χ4v) is 4.03. The summed E-state index contributed by atoms with van der Waals surface area (Å²) >= 11 is 0. The molecule has 1 amide bonds. The van der Waals surface area contributed by atoms with Gasteiger partial charge in [0.1, 0.15) is 5.75 Å². The van der Waals surface area contributed by atoms with Crippen LogP contribution in [0.5, 0.6) is 5.75 Å². The van der Waals surface area contributed by atoms with Crippen molar-refractivity contribution < 1.29 is 23.9 Å². The van der Waals surface area contributed by atoms with Gasteiger partial charge in [-0.1, -0.05) is 24.3 Å². The standard InChI is InChI=1S/C28H28N2O5/c1-20(31)35-26-14-8-21(9-15-26)22-6-5-7-23(18-22)28(33)34-19-27(32)29-24-10-12-25(13-11-24)30-16-3-2-4-17-30/h5-15,18H,2-4,16-17,19H2,1H3,(H,29,32). The maximum atomic E-state index is 12.5. The van der Waals surface area contributed by atoms with Gasteiger partial charge in [-0.25, -0.2) is 4.79 Å². The summed E-state index contributed by atoms with van der Waals surface area (Å²) in [5.74, 6) is -0.926. The van der Waals surface area contributed by atoms with E-state index >= 15 is 0 Å². The predicted molar refractivity (Wildman–Crippen MR) is 135 cm³/mol. The Morgan fingerprint density at radius 3 is 2.26 bits per heavy atom. The van der Waals surface area contributed by atoms with E-state index in [-0.39, 0.29) is 12.6 Å². The lowest BCUT2D eigenvalue weighted by molar-refractivity contribution is -0.131. The summed E-state index contributed by atoms with van der Waals surface area (Å²) in [5, 5.41) is 2.76. The number of benzene rings is 3. The van der Waals surface area contributed by atoms with E-state index in [9.17, 15) is 14.4 Å². The van der Waals surface area contributed by atoms with Crippen LogP contribution in [0, 0.1) is 0 Å². The molecule has 0 atom stereocenters. The van der Waals surface area contributed by atoms with E-state index in [2.05, 4.69) is 10.2 Å². The van der Waals surface area contributed by atoms with Gasteiger partial charge in [0, 0.05) is 31.4 Å². The van der Waals surface area contributed by atoms with Gasteiger partial charge in [0.25, 0.3) is 5.91 Å². The van der Waals surface area contributed by atoms with Gasteiger partial charge in [-0.15, -0.1) is 0 Å². The molecule has 35 heavy (non-hydrogen) atoms. The van der Waals surface area contributed by atoms with E-state index < -0.39 is 11.9 Å². The molecule has 1 N–H and O–H groups in total. The molecule has 0 unspecified atom stereocenters. The Morgan fingerprint density at radius 1 is 0.857 bits per heavy atom. The monoisotopic (exact) mass is 472 g/mol. The molecule has 1 saturated heterocycles. The van der Waals surface area contributed by atoms with Crippen LogP contribution in [0.3, 0.4) is 0 Å². The molecule has 0 radical (unpaired) electrons. The van der Waals surface area contributed by atoms with E-state index in [1.165, 1.54) is 26.2 Å². The highest BCUT2D eigenvalue weighted by molar-refractivity contribution is 5.96. The number of anilines is 2. The Bertz CT molecular complexity index is 1180. The maximum absolute atomic E-state index is 12.5. The summed E-state index contributed by atoms with van der Waals surface area (Å²) in [7, 11) is 0. The van der Waals surface area contributed by atoms with Crippen molar-refractivity contribution in [3.63, 3.8) is 0 Å². The number of amides is 1. The molecule has 0 spiro atoms. The SMILES string of the molecule is CC(=O)Oc1ccc(-c2cccc(C(=O)OCC(=O)Nc3ccc(N4CCCCC4)cc3)c2)cc1. The van der Waals surface area contributed by atoms with Crippen LogP contribution in [-0.4, -0.2) is 37.5 Å². The van der Waals surface area contributed by atoms with Crippen LogP contribution >= 0.6 is 0 Å². The Hall–Kier alpha value is -4.13. The van der Waals surface area contributed by atoms with Crippen molar-refractivity contribution in [2.45, 2.75) is 26.2 Å². The minimum absolute atomic E-state index is 0.338. The van der Waals surface area contributed by atoms with Crippen molar-refractivity contribution in [3.05, 3.63) is 78.4 Å². The number of rotatable bonds is 7. The molecule has 1 aliphatic rings. The van der Waals surface area contributed by atoms with Crippen molar-refractivity contribution in [3.8, 4) is 16.9 Å². The smallest absolute Gasteiger partial charge is 0.338 e. The highest BCUT2D eigenvalue weighted by atomic mass is 16.5. The van der Waals surface area contributed by atoms with Gasteiger partial charge in [0.2, 0.25) is 0 Å². The molecule has 0 saturated carbocycles. The predicted octanol–water partition coefficient (Wildman–Crippen LogP) is 5.06. The number of esters is 2. The molecule has 4 rings (SSSR count). The van der Waals surface area contributed by atoms with E-state index in [4.69, 9.17) is 9.47 Å². The van der Waals surface area contributed by atoms with Crippen LogP contribution in [0.1, 0.15) is 36.5 Å². The molecule has 3 aromatic rings. The summed E-state index contributed by atoms with van der Waals surface area (Å²) in [6.45, 7) is 3.08. The third-order valence-electron chi connectivity index (χ3n) is 5.75. The lowest BCUT2D eigenvalue weighted by atomic mass is 10.0. The van der Waals surface area contributed by atoms with Crippen molar-refractivity contribution in [1.29, 1.82) is 0 Å². The minimum Gasteiger partial charge on any atom is -0.452 e. The van der Waals surface area contributed by atoms with Gasteiger partial charge in [0.15, 0.2) is 6.61 Å². The Balaban J connectivity index is 1.30. The van der Waals surface area contributed by atoms with Gasteiger partial charge in [-0.3, -0.25) is 9.59 Å². The second-order valence-corrected chi connectivity index (χ2v) is 8.42. The van der Waals surface area contributed by atoms with Crippen molar-refractivity contribution in [2.75, 3.05) is 29.9 Å². The fourth-order valence-electron chi connectivity index (χ4n) is 4.03. The Kier molecular flexibility index (Phi) is 7.77. The highest BCUT2D eigenvalue weighted by Crippen LogP contribution is 2.24. The first-order chi connectivity index (χ1) is 17.0. The summed E-state index contributed by atoms with van der Waals surface area (Å²) in [6.07, 6.45) is 3.68. The molecule has 180 valence electrons. The molecule has 3 aromatic carbocycles. The van der Waals surface area contributed by atoms with E-state index in [1.54, 1.807) is 42.5 Å². The zero-order valence-electron chi connectivity index (χ0n) is 19.7. The minimum atomic E-state index is -0.584. The van der Waals surface area contributed by atoms with Gasteiger partial charge in [-0.2, -0.15) is 0 Å². The van der Waals surface area contributed by atoms with Crippen LogP contribution in [-0.2, 0) is 14.3 Å². The van der Waals surface area contributed by atoms with Gasteiger partial charge >= 0.3 is 11.9 Å². The first-order valence-corrected chi connectivity index (χ1v) is 11.7. The molecule has 0 aromatic heterocycles. The number of carbonyl (C=O) groups excluding carboxylic acids is 3. The first kappa shape index (κ1) is 24.0. The number of carbonyl (C=O) groups is 3. The fraction of sp³-hybridized carbons (Fsp3) is 0.250. The summed E-state index contributed by atoms with van der Waals surface area (Å²) < 4.78 is 10.3. The quantitative estimate of drug-likeness (QED) is 0.382. The number of nitrogens with one attached hydrogen (secondary N) is 1. The third kappa shape index (κ3) is 6.69. The lowest BCUT2D eigenvalue weighted by Crippen LogP contribution is -2.29. The molecule has 1 aliphatic heterocycles. The normalized spacial score (nSPS) is 13.1. The third-order valence-corrected chi connectivity index (χ3v) is 5.75. The highest BCUT2D eigenvalue weighted by Gasteiger charge is 2.13. The average molecular weight is 473 g/mol. The Morgan fingerprint density at radius 2 is 1.57 bits per heavy atom. The zero-order chi connectivity index (χ0) is 24.6. The van der Waals surface area contributed by atoms with Gasteiger partial charge in [0.05, 0.1) is 5.56 Å². The topological polar surface area (TPSA) is 84.9 Å². The first-order valence-electron chi connectivity index (χ1n) is 11.7. The van der Waals surface area contributed by atoms with Crippen LogP contribution in [0.2, 0.25) is 0 Å². The zero-order valence-corrected chi connectivity index (χ0v) is 19.7. The molecular weight excluding hydrogens is 444 g/mol. The summed E-state index contributed by atoms with van der Waals surface area (Å²) in [6, 6.07) is 21.6. The Labute approximate surface area is 204 Å². The second-order valence-electron chi connectivity index (χ2n) is 8.42. The molecule has 0 aliphatic carbocycles. The van der Waals surface area contributed by atoms with E-state index in [0.717, 1.165) is 29.9 Å². The number of ether oxygens (including phenoxy) is 2. The summed E-state index contributed by atoms with van der Waals surface area (Å²) in [4.78, 5) is 38.2. The summed E-state index contributed by atoms with van der Waals surface area (Å²) in [5.41, 5.74) is 3.79. The van der Waals surface area contributed by atoms with Crippen LogP contribution in [0.4, 0.5) is 11.4 Å². The lowest BCUT2D eigenvalue weighted by Gasteiger charge is -2.28. The van der Waals surface area contributed by atoms with Crippen molar-refractivity contribution in [1.82, 2.24) is 0 Å². The molecule has 1 fully saturated rings. The van der Waals surface area contributed by atoms with E-state index in [1.807, 2.05) is 30.3 Å². The van der Waals surface area contributed by atoms with Crippen LogP contribution in [0.15, 0.2) is 72.8 Å². The molecule has 7 nitrogen and oxygen atoms in total. The number of nitrogens with zero attached hydrogens (tertiary/aromatic N) is 1. The van der Waals surface area contributed by atoms with Gasteiger partial charge in [-0.05, 0) is 78.9 Å². The van der Waals surface area contributed by atoms with Gasteiger partial charge < -0.3 is 19.7 Å². The molecule has 0 bridgehead atoms. The molecule has 7 heteroatoms. The van der Waals surface area contributed by atoms with Crippen molar-refractivity contribution in [2.24, 2.45) is 0 Å².